The van der Waals surface area contributed by atoms with Crippen LogP contribution in [0.1, 0.15) is 57.7 Å². The molecule has 3 rings (SSSR count). The fourth-order valence-corrected chi connectivity index (χ4v) is 3.22. The van der Waals surface area contributed by atoms with Crippen molar-refractivity contribution in [3.63, 3.8) is 0 Å². The molecule has 0 spiro atoms. The molecule has 1 fully saturated rings. The Bertz CT molecular complexity index is 732. The maximum atomic E-state index is 13.1. The molecular formula is C21H27N3O. The zero-order chi connectivity index (χ0) is 18.0. The molecule has 25 heavy (non-hydrogen) atoms. The summed E-state index contributed by atoms with van der Waals surface area (Å²) in [5, 5.41) is 3.16. The first-order chi connectivity index (χ1) is 11.9. The fourth-order valence-electron chi connectivity index (χ4n) is 3.22. The topological polar surface area (TPSA) is 45.2 Å². The van der Waals surface area contributed by atoms with E-state index in [0.29, 0.717) is 6.04 Å². The summed E-state index contributed by atoms with van der Waals surface area (Å²) in [6.45, 7) is 8.56. The van der Waals surface area contributed by atoms with Gasteiger partial charge in [-0.3, -0.25) is 4.98 Å². The highest BCUT2D eigenvalue weighted by Gasteiger charge is 2.36. The van der Waals surface area contributed by atoms with Crippen molar-refractivity contribution < 1.29 is 4.79 Å². The number of hydrogen-bond donors (Lipinski definition) is 1. The summed E-state index contributed by atoms with van der Waals surface area (Å²) in [4.78, 5) is 19.3. The van der Waals surface area contributed by atoms with Crippen molar-refractivity contribution in [2.24, 2.45) is 0 Å². The molecular weight excluding hydrogens is 310 g/mol. The maximum absolute atomic E-state index is 13.1. The van der Waals surface area contributed by atoms with Gasteiger partial charge in [-0.05, 0) is 48.4 Å². The monoisotopic (exact) mass is 337 g/mol. The molecule has 1 unspecified atom stereocenters. The van der Waals surface area contributed by atoms with Gasteiger partial charge in [0.2, 0.25) is 0 Å². The number of aromatic nitrogens is 1. The molecule has 1 aromatic carbocycles. The fraction of sp³-hybridized carbons (Fsp3) is 0.429. The van der Waals surface area contributed by atoms with E-state index in [2.05, 4.69) is 44.1 Å². The zero-order valence-corrected chi connectivity index (χ0v) is 15.5. The van der Waals surface area contributed by atoms with Gasteiger partial charge in [0.25, 0.3) is 0 Å². The number of rotatable bonds is 4. The highest BCUT2D eigenvalue weighted by Crippen LogP contribution is 2.36. The molecule has 1 aliphatic rings. The van der Waals surface area contributed by atoms with E-state index < -0.39 is 0 Å². The molecule has 1 saturated carbocycles. The van der Waals surface area contributed by atoms with Crippen LogP contribution in [0.2, 0.25) is 0 Å². The summed E-state index contributed by atoms with van der Waals surface area (Å²) in [6, 6.07) is 12.3. The van der Waals surface area contributed by atoms with E-state index in [0.717, 1.165) is 29.7 Å². The van der Waals surface area contributed by atoms with Crippen molar-refractivity contribution >= 4 is 11.7 Å². The van der Waals surface area contributed by atoms with Crippen molar-refractivity contribution in [3.8, 4) is 0 Å². The predicted molar refractivity (Wildman–Crippen MR) is 102 cm³/mol. The first-order valence-electron chi connectivity index (χ1n) is 8.96. The van der Waals surface area contributed by atoms with Gasteiger partial charge in [0.15, 0.2) is 0 Å². The minimum absolute atomic E-state index is 0.00278. The van der Waals surface area contributed by atoms with Gasteiger partial charge in [0.05, 0.1) is 6.04 Å². The average molecular weight is 337 g/mol. The second-order valence-electron chi connectivity index (χ2n) is 7.83. The number of benzene rings is 1. The third-order valence-electron chi connectivity index (χ3n) is 4.74. The Morgan fingerprint density at radius 2 is 1.92 bits per heavy atom. The van der Waals surface area contributed by atoms with Crippen LogP contribution in [-0.4, -0.2) is 22.0 Å². The summed E-state index contributed by atoms with van der Waals surface area (Å²) in [6.07, 6.45) is 5.74. The average Bonchev–Trinajstić information content (AvgIpc) is 3.40. The minimum Gasteiger partial charge on any atom is -0.315 e. The van der Waals surface area contributed by atoms with Crippen LogP contribution >= 0.6 is 0 Å². The molecule has 1 heterocycles. The van der Waals surface area contributed by atoms with Crippen LogP contribution in [-0.2, 0) is 5.41 Å². The smallest absolute Gasteiger partial charge is 0.315 e. The summed E-state index contributed by atoms with van der Waals surface area (Å²) in [5.74, 6) is 0. The second-order valence-corrected chi connectivity index (χ2v) is 7.83. The van der Waals surface area contributed by atoms with Crippen LogP contribution in [0.15, 0.2) is 48.8 Å². The third-order valence-corrected chi connectivity index (χ3v) is 4.74. The summed E-state index contributed by atoms with van der Waals surface area (Å²) in [7, 11) is 0. The van der Waals surface area contributed by atoms with Gasteiger partial charge in [-0.25, -0.2) is 4.79 Å². The number of pyridine rings is 1. The summed E-state index contributed by atoms with van der Waals surface area (Å²) < 4.78 is 0. The minimum atomic E-state index is -0.0319. The maximum Gasteiger partial charge on any atom is 0.322 e. The largest absolute Gasteiger partial charge is 0.322 e. The number of hydrogen-bond acceptors (Lipinski definition) is 2. The Balaban J connectivity index is 1.84. The molecule has 4 nitrogen and oxygen atoms in total. The Labute approximate surface area is 150 Å². The third kappa shape index (κ3) is 4.01. The number of anilines is 1. The van der Waals surface area contributed by atoms with E-state index in [1.54, 1.807) is 6.20 Å². The number of carbonyl (C=O) groups is 1. The van der Waals surface area contributed by atoms with Crippen molar-refractivity contribution in [1.82, 2.24) is 9.88 Å². The molecule has 2 amide bonds. The van der Waals surface area contributed by atoms with Gasteiger partial charge in [0, 0.05) is 24.1 Å². The molecule has 1 N–H and O–H groups in total. The normalized spacial score (nSPS) is 15.5. The van der Waals surface area contributed by atoms with Gasteiger partial charge < -0.3 is 10.2 Å². The first-order valence-corrected chi connectivity index (χ1v) is 8.96. The molecule has 1 aliphatic carbocycles. The SMILES string of the molecule is CC(c1cccnc1)N(C(=O)Nc1ccccc1C(C)(C)C)C1CC1. The first kappa shape index (κ1) is 17.5. The highest BCUT2D eigenvalue weighted by molar-refractivity contribution is 5.91. The lowest BCUT2D eigenvalue weighted by molar-refractivity contribution is 0.188. The van der Waals surface area contributed by atoms with Crippen LogP contribution in [0, 0.1) is 0 Å². The molecule has 1 atom stereocenters. The number of nitrogens with zero attached hydrogens (tertiary/aromatic N) is 2. The molecule has 4 heteroatoms. The lowest BCUT2D eigenvalue weighted by atomic mass is 9.86. The van der Waals surface area contributed by atoms with E-state index in [1.807, 2.05) is 41.4 Å². The van der Waals surface area contributed by atoms with E-state index in [-0.39, 0.29) is 17.5 Å². The molecule has 0 saturated heterocycles. The number of amides is 2. The molecule has 0 bridgehead atoms. The Morgan fingerprint density at radius 3 is 2.52 bits per heavy atom. The van der Waals surface area contributed by atoms with E-state index in [1.165, 1.54) is 0 Å². The zero-order valence-electron chi connectivity index (χ0n) is 15.5. The predicted octanol–water partition coefficient (Wildman–Crippen LogP) is 5.14. The number of para-hydroxylation sites is 1. The molecule has 2 aromatic rings. The summed E-state index contributed by atoms with van der Waals surface area (Å²) in [5.41, 5.74) is 3.08. The molecule has 0 radical (unpaired) electrons. The lowest BCUT2D eigenvalue weighted by Crippen LogP contribution is -2.39. The van der Waals surface area contributed by atoms with Gasteiger partial charge in [-0.2, -0.15) is 0 Å². The molecule has 0 aliphatic heterocycles. The van der Waals surface area contributed by atoms with Crippen LogP contribution in [0.5, 0.6) is 0 Å². The quantitative estimate of drug-likeness (QED) is 0.840. The van der Waals surface area contributed by atoms with Crippen molar-refractivity contribution in [3.05, 3.63) is 59.9 Å². The number of carbonyl (C=O) groups excluding carboxylic acids is 1. The van der Waals surface area contributed by atoms with Crippen LogP contribution in [0.25, 0.3) is 0 Å². The molecule has 132 valence electrons. The lowest BCUT2D eigenvalue weighted by Gasteiger charge is -2.31. The van der Waals surface area contributed by atoms with Crippen LogP contribution in [0.4, 0.5) is 10.5 Å². The number of nitrogens with one attached hydrogen (secondary N) is 1. The van der Waals surface area contributed by atoms with Crippen molar-refractivity contribution in [2.45, 2.75) is 58.0 Å². The van der Waals surface area contributed by atoms with E-state index in [4.69, 9.17) is 0 Å². The van der Waals surface area contributed by atoms with Crippen LogP contribution in [0.3, 0.4) is 0 Å². The van der Waals surface area contributed by atoms with Crippen molar-refractivity contribution in [1.29, 1.82) is 0 Å². The van der Waals surface area contributed by atoms with Gasteiger partial charge in [-0.1, -0.05) is 45.0 Å². The Hall–Kier alpha value is -2.36. The second kappa shape index (κ2) is 6.87. The van der Waals surface area contributed by atoms with Gasteiger partial charge >= 0.3 is 6.03 Å². The van der Waals surface area contributed by atoms with E-state index >= 15 is 0 Å². The highest BCUT2D eigenvalue weighted by atomic mass is 16.2. The molecule has 1 aromatic heterocycles. The number of urea groups is 1. The Morgan fingerprint density at radius 1 is 1.20 bits per heavy atom. The standard InChI is InChI=1S/C21H27N3O/c1-15(16-8-7-13-22-14-16)24(17-11-12-17)20(25)23-19-10-6-5-9-18(19)21(2,3)4/h5-10,13-15,17H,11-12H2,1-4H3,(H,23,25). The summed E-state index contributed by atoms with van der Waals surface area (Å²) >= 11 is 0. The van der Waals surface area contributed by atoms with Gasteiger partial charge in [0.1, 0.15) is 0 Å². The van der Waals surface area contributed by atoms with Gasteiger partial charge in [-0.15, -0.1) is 0 Å². The van der Waals surface area contributed by atoms with Crippen LogP contribution < -0.4 is 5.32 Å². The van der Waals surface area contributed by atoms with Crippen molar-refractivity contribution in [2.75, 3.05) is 5.32 Å². The Kier molecular flexibility index (Phi) is 4.80. The van der Waals surface area contributed by atoms with E-state index in [9.17, 15) is 4.79 Å².